The van der Waals surface area contributed by atoms with Crippen LogP contribution in [0.5, 0.6) is 5.75 Å². The Morgan fingerprint density at radius 1 is 1.03 bits per heavy atom. The van der Waals surface area contributed by atoms with Crippen molar-refractivity contribution in [3.63, 3.8) is 0 Å². The summed E-state index contributed by atoms with van der Waals surface area (Å²) >= 11 is 5.84. The first-order valence-corrected chi connectivity index (χ1v) is 10.4. The van der Waals surface area contributed by atoms with Crippen LogP contribution in [0.25, 0.3) is 0 Å². The minimum Gasteiger partial charge on any atom is -0.495 e. The van der Waals surface area contributed by atoms with Crippen molar-refractivity contribution in [1.82, 2.24) is 0 Å². The summed E-state index contributed by atoms with van der Waals surface area (Å²) in [5.74, 6) is 0.821. The lowest BCUT2D eigenvalue weighted by Gasteiger charge is -2.14. The largest absolute Gasteiger partial charge is 0.495 e. The number of carbonyl (C=O) groups is 1. The van der Waals surface area contributed by atoms with Gasteiger partial charge < -0.3 is 14.5 Å². The van der Waals surface area contributed by atoms with Gasteiger partial charge in [-0.25, -0.2) is 8.42 Å². The van der Waals surface area contributed by atoms with Crippen LogP contribution in [0.3, 0.4) is 0 Å². The van der Waals surface area contributed by atoms with Crippen LogP contribution in [0.1, 0.15) is 21.9 Å². The van der Waals surface area contributed by atoms with Crippen molar-refractivity contribution in [2.75, 3.05) is 17.1 Å². The van der Waals surface area contributed by atoms with E-state index < -0.39 is 15.9 Å². The molecule has 3 aromatic rings. The Labute approximate surface area is 173 Å². The predicted molar refractivity (Wildman–Crippen MR) is 111 cm³/mol. The summed E-state index contributed by atoms with van der Waals surface area (Å²) in [6.07, 6.45) is 0. The zero-order valence-electron chi connectivity index (χ0n) is 15.9. The predicted octanol–water partition coefficient (Wildman–Crippen LogP) is 4.61. The normalized spacial score (nSPS) is 11.2. The number of ether oxygens (including phenoxy) is 1. The highest BCUT2D eigenvalue weighted by molar-refractivity contribution is 7.92. The van der Waals surface area contributed by atoms with Gasteiger partial charge in [-0.1, -0.05) is 11.6 Å². The van der Waals surface area contributed by atoms with Crippen molar-refractivity contribution >= 4 is 38.9 Å². The molecule has 9 heteroatoms. The number of hydrogen-bond donors (Lipinski definition) is 2. The Morgan fingerprint density at radius 3 is 2.28 bits per heavy atom. The number of nitrogens with one attached hydrogen (secondary N) is 2. The molecule has 0 saturated heterocycles. The summed E-state index contributed by atoms with van der Waals surface area (Å²) < 4.78 is 38.8. The van der Waals surface area contributed by atoms with Crippen LogP contribution in [0.4, 0.5) is 11.4 Å². The van der Waals surface area contributed by atoms with Crippen molar-refractivity contribution in [2.24, 2.45) is 0 Å². The quantitative estimate of drug-likeness (QED) is 0.590. The van der Waals surface area contributed by atoms with Gasteiger partial charge in [0.2, 0.25) is 0 Å². The molecular weight excluding hydrogens is 416 g/mol. The van der Waals surface area contributed by atoms with E-state index in [4.69, 9.17) is 20.8 Å². The van der Waals surface area contributed by atoms with Gasteiger partial charge >= 0.3 is 0 Å². The lowest BCUT2D eigenvalue weighted by Crippen LogP contribution is -2.16. The Bertz CT molecular complexity index is 1150. The van der Waals surface area contributed by atoms with E-state index in [2.05, 4.69) is 10.0 Å². The molecule has 1 aromatic heterocycles. The fourth-order valence-corrected chi connectivity index (χ4v) is 4.13. The number of amides is 1. The molecule has 0 radical (unpaired) electrons. The molecule has 29 heavy (non-hydrogen) atoms. The summed E-state index contributed by atoms with van der Waals surface area (Å²) in [5.41, 5.74) is 1.02. The van der Waals surface area contributed by atoms with Crippen LogP contribution in [0, 0.1) is 13.8 Å². The summed E-state index contributed by atoms with van der Waals surface area (Å²) in [5, 5.41) is 3.17. The van der Waals surface area contributed by atoms with Crippen molar-refractivity contribution in [3.8, 4) is 5.75 Å². The second-order valence-electron chi connectivity index (χ2n) is 6.26. The van der Waals surface area contributed by atoms with Gasteiger partial charge in [-0.15, -0.1) is 0 Å². The maximum absolute atomic E-state index is 12.9. The van der Waals surface area contributed by atoms with Crippen molar-refractivity contribution in [3.05, 3.63) is 70.6 Å². The molecule has 1 amide bonds. The number of anilines is 2. The molecule has 2 N–H and O–H groups in total. The van der Waals surface area contributed by atoms with E-state index in [1.807, 2.05) is 0 Å². The van der Waals surface area contributed by atoms with Crippen molar-refractivity contribution in [1.29, 1.82) is 0 Å². The first kappa shape index (κ1) is 20.8. The van der Waals surface area contributed by atoms with E-state index in [-0.39, 0.29) is 10.6 Å². The Morgan fingerprint density at radius 2 is 1.69 bits per heavy atom. The molecule has 0 unspecified atom stereocenters. The number of carbonyl (C=O) groups excluding carboxylic acids is 1. The number of rotatable bonds is 6. The first-order chi connectivity index (χ1) is 13.7. The highest BCUT2D eigenvalue weighted by Crippen LogP contribution is 2.29. The molecule has 7 nitrogen and oxygen atoms in total. The average molecular weight is 435 g/mol. The van der Waals surface area contributed by atoms with E-state index in [0.717, 1.165) is 0 Å². The minimum atomic E-state index is -3.98. The molecule has 152 valence electrons. The zero-order valence-corrected chi connectivity index (χ0v) is 17.5. The van der Waals surface area contributed by atoms with Gasteiger partial charge in [0.25, 0.3) is 15.9 Å². The van der Waals surface area contributed by atoms with Crippen LogP contribution in [-0.2, 0) is 10.0 Å². The third-order valence-electron chi connectivity index (χ3n) is 4.09. The molecule has 0 fully saturated rings. The van der Waals surface area contributed by atoms with Crippen molar-refractivity contribution < 1.29 is 22.4 Å². The smallest absolute Gasteiger partial charge is 0.265 e. The lowest BCUT2D eigenvalue weighted by molar-refractivity contribution is 0.102. The maximum Gasteiger partial charge on any atom is 0.265 e. The van der Waals surface area contributed by atoms with E-state index in [9.17, 15) is 13.2 Å². The van der Waals surface area contributed by atoms with Gasteiger partial charge in [-0.05, 0) is 62.4 Å². The second kappa shape index (κ2) is 8.18. The molecule has 0 aliphatic heterocycles. The fraction of sp³-hybridized carbons (Fsp3) is 0.150. The number of hydrogen-bond acceptors (Lipinski definition) is 5. The van der Waals surface area contributed by atoms with Gasteiger partial charge in [0.1, 0.15) is 22.2 Å². The van der Waals surface area contributed by atoms with Crippen LogP contribution in [0.2, 0.25) is 5.02 Å². The van der Waals surface area contributed by atoms with Gasteiger partial charge in [0.15, 0.2) is 0 Å². The van der Waals surface area contributed by atoms with Crippen molar-refractivity contribution in [2.45, 2.75) is 18.7 Å². The summed E-state index contributed by atoms with van der Waals surface area (Å²) in [6.45, 7) is 3.42. The molecule has 2 aromatic carbocycles. The highest BCUT2D eigenvalue weighted by Gasteiger charge is 2.22. The summed E-state index contributed by atoms with van der Waals surface area (Å²) in [7, 11) is -2.62. The number of halogens is 1. The van der Waals surface area contributed by atoms with E-state index >= 15 is 0 Å². The number of methoxy groups -OCH3 is 1. The van der Waals surface area contributed by atoms with E-state index in [1.54, 1.807) is 50.2 Å². The van der Waals surface area contributed by atoms with Gasteiger partial charge in [0.05, 0.1) is 12.7 Å². The maximum atomic E-state index is 12.9. The lowest BCUT2D eigenvalue weighted by atomic mass is 10.2. The number of aryl methyl sites for hydroxylation is 2. The first-order valence-electron chi connectivity index (χ1n) is 8.54. The monoisotopic (exact) mass is 434 g/mol. The van der Waals surface area contributed by atoms with Gasteiger partial charge in [-0.3, -0.25) is 9.52 Å². The third kappa shape index (κ3) is 4.72. The molecule has 0 bridgehead atoms. The molecule has 3 rings (SSSR count). The molecule has 0 aliphatic carbocycles. The Hall–Kier alpha value is -2.97. The van der Waals surface area contributed by atoms with Crippen LogP contribution in [0.15, 0.2) is 57.8 Å². The fourth-order valence-electron chi connectivity index (χ4n) is 2.75. The standard InChI is InChI=1S/C20H19ClN2O5S/c1-12-10-17(13(2)28-12)20(24)22-16-8-9-18(27-3)19(11-16)29(25,26)23-15-6-4-14(21)5-7-15/h4-11,23H,1-3H3,(H,22,24). The Balaban J connectivity index is 1.91. The van der Waals surface area contributed by atoms with E-state index in [0.29, 0.717) is 33.5 Å². The molecule has 0 aliphatic rings. The highest BCUT2D eigenvalue weighted by atomic mass is 35.5. The molecular formula is C20H19ClN2O5S. The van der Waals surface area contributed by atoms with Crippen LogP contribution >= 0.6 is 11.6 Å². The molecule has 0 spiro atoms. The summed E-state index contributed by atoms with van der Waals surface area (Å²) in [6, 6.07) is 12.2. The molecule has 0 atom stereocenters. The Kier molecular flexibility index (Phi) is 5.86. The SMILES string of the molecule is COc1ccc(NC(=O)c2cc(C)oc2C)cc1S(=O)(=O)Nc1ccc(Cl)cc1. The summed E-state index contributed by atoms with van der Waals surface area (Å²) in [4.78, 5) is 12.4. The zero-order chi connectivity index (χ0) is 21.2. The van der Waals surface area contributed by atoms with Gasteiger partial charge in [-0.2, -0.15) is 0 Å². The van der Waals surface area contributed by atoms with Gasteiger partial charge in [0, 0.05) is 16.4 Å². The topological polar surface area (TPSA) is 97.6 Å². The second-order valence-corrected chi connectivity index (χ2v) is 8.35. The molecule has 0 saturated carbocycles. The van der Waals surface area contributed by atoms with Crippen LogP contribution < -0.4 is 14.8 Å². The van der Waals surface area contributed by atoms with E-state index in [1.165, 1.54) is 19.2 Å². The average Bonchev–Trinajstić information content (AvgIpc) is 3.01. The van der Waals surface area contributed by atoms with Crippen LogP contribution in [-0.4, -0.2) is 21.4 Å². The molecule has 1 heterocycles. The minimum absolute atomic E-state index is 0.118. The number of benzene rings is 2. The number of furan rings is 1. The third-order valence-corrected chi connectivity index (χ3v) is 5.75. The number of sulfonamides is 1.